The molecular weight excluding hydrogens is 480 g/mol. The number of amides is 1. The molecule has 2 atom stereocenters. The van der Waals surface area contributed by atoms with Crippen molar-refractivity contribution in [1.82, 2.24) is 14.8 Å². The van der Waals surface area contributed by atoms with Gasteiger partial charge < -0.3 is 25.4 Å². The first-order chi connectivity index (χ1) is 17.1. The number of para-hydroxylation sites is 1. The standard InChI is InChI=1S/C25H26F4N4O3/c1-13-6-20-21(16-4-2-3-5-19(16)31-20)23(33(13)11-25(28,29)12-34)22-17(26)7-14(8-18(22)27)30-15-9-32(10-15)24(35)36/h2-5,7-8,13,15,23,30-31,34H,6,9-12H2,1H3,(H,35,36). The summed E-state index contributed by atoms with van der Waals surface area (Å²) in [5.41, 5.74) is 1.78. The molecule has 1 aromatic heterocycles. The number of carbonyl (C=O) groups is 1. The van der Waals surface area contributed by atoms with E-state index in [0.717, 1.165) is 23.3 Å². The van der Waals surface area contributed by atoms with Crippen LogP contribution in [0, 0.1) is 11.6 Å². The van der Waals surface area contributed by atoms with Gasteiger partial charge in [0.25, 0.3) is 5.92 Å². The van der Waals surface area contributed by atoms with Crippen LogP contribution in [-0.2, 0) is 6.42 Å². The molecule has 0 saturated carbocycles. The Hall–Kier alpha value is -3.31. The predicted molar refractivity (Wildman–Crippen MR) is 125 cm³/mol. The number of rotatable bonds is 6. The summed E-state index contributed by atoms with van der Waals surface area (Å²) < 4.78 is 60.1. The number of fused-ring (bicyclic) bond motifs is 3. The molecule has 0 spiro atoms. The minimum absolute atomic E-state index is 0.138. The van der Waals surface area contributed by atoms with Crippen molar-refractivity contribution in [3.05, 3.63) is 64.9 Å². The lowest BCUT2D eigenvalue weighted by Crippen LogP contribution is -2.56. The number of aromatic nitrogens is 1. The van der Waals surface area contributed by atoms with E-state index in [4.69, 9.17) is 5.11 Å². The monoisotopic (exact) mass is 506 g/mol. The van der Waals surface area contributed by atoms with Crippen LogP contribution in [0.3, 0.4) is 0 Å². The lowest BCUT2D eigenvalue weighted by molar-refractivity contribution is -0.0866. The van der Waals surface area contributed by atoms with E-state index < -0.39 is 48.9 Å². The van der Waals surface area contributed by atoms with Crippen LogP contribution in [0.5, 0.6) is 0 Å². The van der Waals surface area contributed by atoms with Crippen molar-refractivity contribution in [3.8, 4) is 0 Å². The predicted octanol–water partition coefficient (Wildman–Crippen LogP) is 4.18. The lowest BCUT2D eigenvalue weighted by atomic mass is 9.86. The van der Waals surface area contributed by atoms with Gasteiger partial charge in [-0.1, -0.05) is 18.2 Å². The number of alkyl halides is 2. The number of carboxylic acid groups (broad SMARTS) is 1. The molecule has 2 aromatic carbocycles. The summed E-state index contributed by atoms with van der Waals surface area (Å²) in [6.07, 6.45) is -0.700. The van der Waals surface area contributed by atoms with Gasteiger partial charge in [-0.15, -0.1) is 0 Å². The number of aliphatic hydroxyl groups is 1. The second-order valence-electron chi connectivity index (χ2n) is 9.59. The minimum atomic E-state index is -3.47. The van der Waals surface area contributed by atoms with Gasteiger partial charge in [0.1, 0.15) is 18.2 Å². The van der Waals surface area contributed by atoms with Crippen molar-refractivity contribution in [3.63, 3.8) is 0 Å². The number of hydrogen-bond donors (Lipinski definition) is 4. The summed E-state index contributed by atoms with van der Waals surface area (Å²) >= 11 is 0. The molecule has 2 aliphatic rings. The molecule has 1 amide bonds. The van der Waals surface area contributed by atoms with Gasteiger partial charge in [0.05, 0.1) is 18.6 Å². The fourth-order valence-corrected chi connectivity index (χ4v) is 5.29. The summed E-state index contributed by atoms with van der Waals surface area (Å²) in [7, 11) is 0. The van der Waals surface area contributed by atoms with E-state index in [0.29, 0.717) is 17.4 Å². The first-order valence-corrected chi connectivity index (χ1v) is 11.6. The minimum Gasteiger partial charge on any atom is -0.465 e. The van der Waals surface area contributed by atoms with Gasteiger partial charge >= 0.3 is 6.09 Å². The van der Waals surface area contributed by atoms with Crippen molar-refractivity contribution in [2.75, 3.05) is 31.6 Å². The van der Waals surface area contributed by atoms with Gasteiger partial charge in [0.15, 0.2) is 0 Å². The molecule has 0 bridgehead atoms. The average Bonchev–Trinajstić information content (AvgIpc) is 3.14. The second kappa shape index (κ2) is 8.97. The lowest BCUT2D eigenvalue weighted by Gasteiger charge is -2.42. The van der Waals surface area contributed by atoms with Crippen molar-refractivity contribution in [1.29, 1.82) is 0 Å². The highest BCUT2D eigenvalue weighted by Crippen LogP contribution is 2.44. The molecule has 11 heteroatoms. The van der Waals surface area contributed by atoms with Crippen LogP contribution in [0.25, 0.3) is 10.9 Å². The Morgan fingerprint density at radius 3 is 2.47 bits per heavy atom. The van der Waals surface area contributed by atoms with Crippen LogP contribution < -0.4 is 5.32 Å². The number of nitrogens with one attached hydrogen (secondary N) is 2. The first-order valence-electron chi connectivity index (χ1n) is 11.6. The molecule has 2 aliphatic heterocycles. The molecule has 7 nitrogen and oxygen atoms in total. The highest BCUT2D eigenvalue weighted by molar-refractivity contribution is 5.86. The Bertz CT molecular complexity index is 1280. The molecule has 192 valence electrons. The van der Waals surface area contributed by atoms with Crippen molar-refractivity contribution < 1.29 is 32.6 Å². The summed E-state index contributed by atoms with van der Waals surface area (Å²) in [5.74, 6) is -5.27. The highest BCUT2D eigenvalue weighted by Gasteiger charge is 2.43. The number of hydrogen-bond acceptors (Lipinski definition) is 4. The van der Waals surface area contributed by atoms with Gasteiger partial charge in [-0.2, -0.15) is 0 Å². The molecule has 3 aromatic rings. The van der Waals surface area contributed by atoms with Gasteiger partial charge in [0, 0.05) is 59.0 Å². The number of halogens is 4. The van der Waals surface area contributed by atoms with Gasteiger partial charge in [-0.05, 0) is 25.1 Å². The van der Waals surface area contributed by atoms with Crippen LogP contribution >= 0.6 is 0 Å². The van der Waals surface area contributed by atoms with Crippen LogP contribution in [0.1, 0.15) is 29.8 Å². The Balaban J connectivity index is 1.57. The Kier molecular flexibility index (Phi) is 6.08. The average molecular weight is 507 g/mol. The van der Waals surface area contributed by atoms with E-state index >= 15 is 8.78 Å². The van der Waals surface area contributed by atoms with E-state index in [9.17, 15) is 18.7 Å². The zero-order chi connectivity index (χ0) is 25.8. The van der Waals surface area contributed by atoms with Crippen molar-refractivity contribution in [2.24, 2.45) is 0 Å². The van der Waals surface area contributed by atoms with Gasteiger partial charge in [0.2, 0.25) is 0 Å². The van der Waals surface area contributed by atoms with Crippen LogP contribution in [0.4, 0.5) is 28.0 Å². The zero-order valence-electron chi connectivity index (χ0n) is 19.4. The largest absolute Gasteiger partial charge is 0.465 e. The molecular formula is C25H26F4N4O3. The smallest absolute Gasteiger partial charge is 0.407 e. The maximum absolute atomic E-state index is 15.6. The summed E-state index contributed by atoms with van der Waals surface area (Å²) in [6, 6.07) is 7.47. The van der Waals surface area contributed by atoms with E-state index in [1.54, 1.807) is 19.1 Å². The highest BCUT2D eigenvalue weighted by atomic mass is 19.3. The van der Waals surface area contributed by atoms with E-state index in [1.165, 1.54) is 9.80 Å². The van der Waals surface area contributed by atoms with E-state index in [1.807, 2.05) is 12.1 Å². The number of anilines is 1. The molecule has 1 fully saturated rings. The topological polar surface area (TPSA) is 91.8 Å². The maximum Gasteiger partial charge on any atom is 0.407 e. The Morgan fingerprint density at radius 1 is 1.17 bits per heavy atom. The van der Waals surface area contributed by atoms with E-state index in [-0.39, 0.29) is 30.4 Å². The fraction of sp³-hybridized carbons (Fsp3) is 0.400. The van der Waals surface area contributed by atoms with E-state index in [2.05, 4.69) is 10.3 Å². The summed E-state index contributed by atoms with van der Waals surface area (Å²) in [6.45, 7) is -0.176. The zero-order valence-corrected chi connectivity index (χ0v) is 19.4. The molecule has 0 radical (unpaired) electrons. The summed E-state index contributed by atoms with van der Waals surface area (Å²) in [5, 5.41) is 21.8. The molecule has 36 heavy (non-hydrogen) atoms. The van der Waals surface area contributed by atoms with Crippen LogP contribution in [0.15, 0.2) is 36.4 Å². The quantitative estimate of drug-likeness (QED) is 0.377. The molecule has 3 heterocycles. The molecule has 2 unspecified atom stereocenters. The van der Waals surface area contributed by atoms with Gasteiger partial charge in [-0.3, -0.25) is 4.90 Å². The fourth-order valence-electron chi connectivity index (χ4n) is 5.29. The normalized spacial score (nSPS) is 20.9. The number of aromatic amines is 1. The summed E-state index contributed by atoms with van der Waals surface area (Å²) in [4.78, 5) is 16.8. The molecule has 4 N–H and O–H groups in total. The number of likely N-dealkylation sites (tertiary alicyclic amines) is 1. The number of aliphatic hydroxyl groups excluding tert-OH is 1. The maximum atomic E-state index is 15.6. The van der Waals surface area contributed by atoms with Crippen LogP contribution in [-0.4, -0.2) is 75.3 Å². The van der Waals surface area contributed by atoms with Crippen molar-refractivity contribution in [2.45, 2.75) is 37.4 Å². The number of H-pyrrole nitrogens is 1. The second-order valence-corrected chi connectivity index (χ2v) is 9.59. The third-order valence-corrected chi connectivity index (χ3v) is 7.02. The molecule has 0 aliphatic carbocycles. The van der Waals surface area contributed by atoms with Gasteiger partial charge in [-0.25, -0.2) is 22.4 Å². The third-order valence-electron chi connectivity index (χ3n) is 7.02. The van der Waals surface area contributed by atoms with Crippen molar-refractivity contribution >= 4 is 22.7 Å². The Labute approximate surface area is 204 Å². The molecule has 1 saturated heterocycles. The number of benzene rings is 2. The van der Waals surface area contributed by atoms with Crippen LogP contribution in [0.2, 0.25) is 0 Å². The third kappa shape index (κ3) is 4.26. The SMILES string of the molecule is CC1Cc2[nH]c3ccccc3c2C(c2c(F)cc(NC3CN(C(=O)O)C3)cc2F)N1CC(F)(F)CO. The number of nitrogens with zero attached hydrogens (tertiary/aromatic N) is 2. The molecule has 5 rings (SSSR count). The first kappa shape index (κ1) is 24.4. The Morgan fingerprint density at radius 2 is 1.83 bits per heavy atom.